The lowest BCUT2D eigenvalue weighted by atomic mass is 10.2. The Morgan fingerprint density at radius 2 is 1.67 bits per heavy atom. The molecule has 1 aliphatic heterocycles. The van der Waals surface area contributed by atoms with Crippen molar-refractivity contribution in [2.75, 3.05) is 39.3 Å². The Morgan fingerprint density at radius 3 is 2.17 bits per heavy atom. The average Bonchev–Trinajstić information content (AvgIpc) is 2.00. The highest BCUT2D eigenvalue weighted by Gasteiger charge is 2.09. The second-order valence-electron chi connectivity index (χ2n) is 3.31. The number of aliphatic hydroxyl groups excluding tert-OH is 1. The van der Waals surface area contributed by atoms with Crippen LogP contribution >= 0.6 is 0 Å². The summed E-state index contributed by atoms with van der Waals surface area (Å²) in [7, 11) is 0. The molecule has 1 fully saturated rings. The minimum absolute atomic E-state index is 0.270. The van der Waals surface area contributed by atoms with Crippen LogP contribution in [0.4, 0.5) is 0 Å². The first-order valence-corrected chi connectivity index (χ1v) is 4.66. The Balaban J connectivity index is 2.20. The summed E-state index contributed by atoms with van der Waals surface area (Å²) in [6.07, 6.45) is 2.22. The van der Waals surface area contributed by atoms with Crippen molar-refractivity contribution in [3.8, 4) is 0 Å². The van der Waals surface area contributed by atoms with Gasteiger partial charge in [-0.05, 0) is 25.9 Å². The summed E-state index contributed by atoms with van der Waals surface area (Å²) in [6, 6.07) is 0. The van der Waals surface area contributed by atoms with Gasteiger partial charge < -0.3 is 10.0 Å². The molecule has 1 heterocycles. The van der Waals surface area contributed by atoms with Gasteiger partial charge in [-0.1, -0.05) is 0 Å². The molecule has 1 rings (SSSR count). The zero-order valence-corrected chi connectivity index (χ0v) is 7.58. The topological polar surface area (TPSA) is 52.7 Å². The molecule has 12 heavy (non-hydrogen) atoms. The van der Waals surface area contributed by atoms with Crippen molar-refractivity contribution in [1.82, 2.24) is 9.91 Å². The second kappa shape index (κ2) is 5.48. The van der Waals surface area contributed by atoms with E-state index >= 15 is 0 Å². The van der Waals surface area contributed by atoms with Crippen LogP contribution in [0.3, 0.4) is 0 Å². The fourth-order valence-electron chi connectivity index (χ4n) is 1.58. The maximum absolute atomic E-state index is 8.76. The molecular formula is C8H19N3O. The van der Waals surface area contributed by atoms with E-state index in [0.29, 0.717) is 0 Å². The quantitative estimate of drug-likeness (QED) is 0.540. The van der Waals surface area contributed by atoms with Gasteiger partial charge in [0.05, 0.1) is 6.61 Å². The summed E-state index contributed by atoms with van der Waals surface area (Å²) >= 11 is 0. The standard InChI is InChI=1S/C8H19N3O/c9-11-5-1-3-10(7-8-12)4-2-6-11/h12H,1-9H2. The Kier molecular flexibility index (Phi) is 4.53. The zero-order chi connectivity index (χ0) is 8.81. The van der Waals surface area contributed by atoms with Gasteiger partial charge in [-0.2, -0.15) is 0 Å². The molecule has 0 atom stereocenters. The van der Waals surface area contributed by atoms with Gasteiger partial charge in [0, 0.05) is 19.6 Å². The van der Waals surface area contributed by atoms with Gasteiger partial charge in [0.15, 0.2) is 0 Å². The number of β-amino-alcohol motifs (C(OH)–C–C–N with tert-alkyl or cyclic N) is 1. The zero-order valence-electron chi connectivity index (χ0n) is 7.58. The Labute approximate surface area is 73.9 Å². The number of hydrogen-bond donors (Lipinski definition) is 2. The highest BCUT2D eigenvalue weighted by Crippen LogP contribution is 1.99. The maximum atomic E-state index is 8.76. The van der Waals surface area contributed by atoms with Crippen molar-refractivity contribution in [1.29, 1.82) is 0 Å². The predicted molar refractivity (Wildman–Crippen MR) is 48.5 cm³/mol. The molecule has 0 unspecified atom stereocenters. The summed E-state index contributed by atoms with van der Waals surface area (Å²) in [6.45, 7) is 5.16. The third kappa shape index (κ3) is 3.49. The predicted octanol–water partition coefficient (Wildman–Crippen LogP) is -0.750. The Morgan fingerprint density at radius 1 is 1.08 bits per heavy atom. The molecule has 72 valence electrons. The van der Waals surface area contributed by atoms with E-state index in [1.165, 1.54) is 0 Å². The van der Waals surface area contributed by atoms with Crippen LogP contribution in [0.2, 0.25) is 0 Å². The first kappa shape index (κ1) is 9.92. The number of nitrogens with two attached hydrogens (primary N) is 1. The van der Waals surface area contributed by atoms with Crippen molar-refractivity contribution in [2.45, 2.75) is 12.8 Å². The molecule has 0 aliphatic carbocycles. The molecule has 0 aromatic carbocycles. The van der Waals surface area contributed by atoms with Crippen LogP contribution in [0.25, 0.3) is 0 Å². The van der Waals surface area contributed by atoms with Gasteiger partial charge in [-0.15, -0.1) is 0 Å². The lowest BCUT2D eigenvalue weighted by Gasteiger charge is -2.27. The minimum atomic E-state index is 0.270. The summed E-state index contributed by atoms with van der Waals surface area (Å²) in [5.41, 5.74) is 0. The number of nitrogens with zero attached hydrogens (tertiary/aromatic N) is 2. The summed E-state index contributed by atoms with van der Waals surface area (Å²) < 4.78 is 0. The third-order valence-corrected chi connectivity index (χ3v) is 2.26. The molecule has 0 bridgehead atoms. The van der Waals surface area contributed by atoms with E-state index in [9.17, 15) is 0 Å². The summed E-state index contributed by atoms with van der Waals surface area (Å²) in [5, 5.41) is 10.6. The smallest absolute Gasteiger partial charge is 0.0558 e. The first-order chi connectivity index (χ1) is 5.83. The molecule has 3 N–H and O–H groups in total. The average molecular weight is 173 g/mol. The SMILES string of the molecule is NN1CCCN(CCO)CCC1. The maximum Gasteiger partial charge on any atom is 0.0558 e. The van der Waals surface area contributed by atoms with Crippen molar-refractivity contribution in [2.24, 2.45) is 5.84 Å². The van der Waals surface area contributed by atoms with E-state index < -0.39 is 0 Å². The summed E-state index contributed by atoms with van der Waals surface area (Å²) in [4.78, 5) is 2.30. The molecule has 1 aliphatic rings. The normalized spacial score (nSPS) is 23.5. The Hall–Kier alpha value is -0.160. The molecular weight excluding hydrogens is 154 g/mol. The van der Waals surface area contributed by atoms with Gasteiger partial charge in [0.2, 0.25) is 0 Å². The van der Waals surface area contributed by atoms with Crippen LogP contribution in [-0.4, -0.2) is 54.3 Å². The number of hydrogen-bond acceptors (Lipinski definition) is 4. The van der Waals surface area contributed by atoms with Crippen molar-refractivity contribution < 1.29 is 5.11 Å². The van der Waals surface area contributed by atoms with Crippen LogP contribution in [0.15, 0.2) is 0 Å². The van der Waals surface area contributed by atoms with Crippen LogP contribution in [0, 0.1) is 0 Å². The van der Waals surface area contributed by atoms with E-state index in [-0.39, 0.29) is 6.61 Å². The van der Waals surface area contributed by atoms with Crippen molar-refractivity contribution >= 4 is 0 Å². The third-order valence-electron chi connectivity index (χ3n) is 2.26. The number of aliphatic hydroxyl groups is 1. The lowest BCUT2D eigenvalue weighted by Crippen LogP contribution is -2.40. The highest BCUT2D eigenvalue weighted by molar-refractivity contribution is 4.63. The van der Waals surface area contributed by atoms with E-state index in [1.807, 2.05) is 5.01 Å². The second-order valence-corrected chi connectivity index (χ2v) is 3.31. The minimum Gasteiger partial charge on any atom is -0.395 e. The first-order valence-electron chi connectivity index (χ1n) is 4.66. The molecule has 0 amide bonds. The molecule has 0 radical (unpaired) electrons. The van der Waals surface area contributed by atoms with Gasteiger partial charge in [0.1, 0.15) is 0 Å². The van der Waals surface area contributed by atoms with Crippen LogP contribution in [0.1, 0.15) is 12.8 Å². The molecule has 0 aromatic heterocycles. The van der Waals surface area contributed by atoms with Gasteiger partial charge >= 0.3 is 0 Å². The highest BCUT2D eigenvalue weighted by atomic mass is 16.3. The van der Waals surface area contributed by atoms with Gasteiger partial charge in [-0.25, -0.2) is 5.01 Å². The number of hydrazine groups is 1. The largest absolute Gasteiger partial charge is 0.395 e. The molecule has 0 aromatic rings. The monoisotopic (exact) mass is 173 g/mol. The molecule has 4 nitrogen and oxygen atoms in total. The fraction of sp³-hybridized carbons (Fsp3) is 1.00. The number of rotatable bonds is 2. The molecule has 4 heteroatoms. The molecule has 0 spiro atoms. The molecule has 1 saturated heterocycles. The van der Waals surface area contributed by atoms with E-state index in [0.717, 1.165) is 45.6 Å². The van der Waals surface area contributed by atoms with E-state index in [1.54, 1.807) is 0 Å². The van der Waals surface area contributed by atoms with Gasteiger partial charge in [-0.3, -0.25) is 5.84 Å². The van der Waals surface area contributed by atoms with Crippen molar-refractivity contribution in [3.63, 3.8) is 0 Å². The fourth-order valence-corrected chi connectivity index (χ4v) is 1.58. The van der Waals surface area contributed by atoms with Crippen LogP contribution in [-0.2, 0) is 0 Å². The van der Waals surface area contributed by atoms with Crippen LogP contribution < -0.4 is 5.84 Å². The lowest BCUT2D eigenvalue weighted by molar-refractivity contribution is 0.155. The Bertz CT molecular complexity index is 111. The van der Waals surface area contributed by atoms with E-state index in [2.05, 4.69) is 4.90 Å². The van der Waals surface area contributed by atoms with Crippen LogP contribution in [0.5, 0.6) is 0 Å². The summed E-state index contributed by atoms with van der Waals surface area (Å²) in [5.74, 6) is 5.69. The van der Waals surface area contributed by atoms with E-state index in [4.69, 9.17) is 10.9 Å². The van der Waals surface area contributed by atoms with Gasteiger partial charge in [0.25, 0.3) is 0 Å². The van der Waals surface area contributed by atoms with Crippen molar-refractivity contribution in [3.05, 3.63) is 0 Å². The molecule has 0 saturated carbocycles.